The summed E-state index contributed by atoms with van der Waals surface area (Å²) in [5, 5.41) is 9.20. The number of fused-ring (bicyclic) bond motifs is 1. The highest BCUT2D eigenvalue weighted by Gasteiger charge is 2.29. The highest BCUT2D eigenvalue weighted by molar-refractivity contribution is 5.66. The summed E-state index contributed by atoms with van der Waals surface area (Å²) < 4.78 is 0. The first-order valence-electron chi connectivity index (χ1n) is 5.98. The molecular formula is C13H18N2O2. The monoisotopic (exact) mass is 234 g/mol. The molecule has 2 rings (SSSR count). The normalized spacial score (nSPS) is 17.8. The van der Waals surface area contributed by atoms with Gasteiger partial charge in [0, 0.05) is 18.3 Å². The number of nitrogens with zero attached hydrogens (tertiary/aromatic N) is 1. The number of rotatable bonds is 3. The summed E-state index contributed by atoms with van der Waals surface area (Å²) >= 11 is 0. The number of carbonyl (C=O) groups is 1. The van der Waals surface area contributed by atoms with Gasteiger partial charge in [0.2, 0.25) is 0 Å². The fraction of sp³-hybridized carbons (Fsp3) is 0.462. The van der Waals surface area contributed by atoms with E-state index >= 15 is 0 Å². The van der Waals surface area contributed by atoms with E-state index in [0.717, 1.165) is 24.9 Å². The molecule has 1 aromatic carbocycles. The first kappa shape index (κ1) is 11.8. The van der Waals surface area contributed by atoms with Crippen molar-refractivity contribution < 1.29 is 9.90 Å². The maximum absolute atomic E-state index is 11.2. The van der Waals surface area contributed by atoms with E-state index in [0.29, 0.717) is 6.54 Å². The van der Waals surface area contributed by atoms with Crippen molar-refractivity contribution >= 4 is 11.8 Å². The fourth-order valence-corrected chi connectivity index (χ4v) is 2.51. The highest BCUT2D eigenvalue weighted by atomic mass is 16.4. The van der Waals surface area contributed by atoms with Gasteiger partial charge in [-0.05, 0) is 42.5 Å². The Morgan fingerprint density at radius 3 is 2.82 bits per heavy atom. The van der Waals surface area contributed by atoms with Gasteiger partial charge in [-0.1, -0.05) is 13.0 Å². The first-order chi connectivity index (χ1) is 8.11. The molecule has 0 spiro atoms. The van der Waals surface area contributed by atoms with Crippen LogP contribution in [0, 0.1) is 0 Å². The van der Waals surface area contributed by atoms with Gasteiger partial charge in [-0.15, -0.1) is 0 Å². The number of hydrogen-bond donors (Lipinski definition) is 2. The molecule has 0 saturated carbocycles. The van der Waals surface area contributed by atoms with Crippen LogP contribution in [0.25, 0.3) is 0 Å². The van der Waals surface area contributed by atoms with Crippen LogP contribution in [0.1, 0.15) is 24.5 Å². The third kappa shape index (κ3) is 2.35. The first-order valence-corrected chi connectivity index (χ1v) is 5.98. The van der Waals surface area contributed by atoms with Crippen molar-refractivity contribution in [3.05, 3.63) is 29.3 Å². The van der Waals surface area contributed by atoms with Crippen LogP contribution in [-0.4, -0.2) is 28.7 Å². The smallest absolute Gasteiger partial charge is 0.407 e. The summed E-state index contributed by atoms with van der Waals surface area (Å²) in [4.78, 5) is 12.7. The van der Waals surface area contributed by atoms with Crippen LogP contribution in [0.3, 0.4) is 0 Å². The van der Waals surface area contributed by atoms with E-state index in [1.807, 2.05) is 25.1 Å². The summed E-state index contributed by atoms with van der Waals surface area (Å²) in [6.07, 6.45) is 1.62. The molecule has 1 aromatic rings. The zero-order valence-electron chi connectivity index (χ0n) is 10.0. The molecule has 3 N–H and O–H groups in total. The van der Waals surface area contributed by atoms with Crippen LogP contribution in [-0.2, 0) is 12.8 Å². The van der Waals surface area contributed by atoms with Crippen LogP contribution < -0.4 is 5.73 Å². The van der Waals surface area contributed by atoms with E-state index in [9.17, 15) is 9.90 Å². The lowest BCUT2D eigenvalue weighted by Gasteiger charge is -2.25. The van der Waals surface area contributed by atoms with Crippen LogP contribution in [0.4, 0.5) is 10.5 Å². The molecule has 1 aliphatic carbocycles. The molecule has 0 aromatic heterocycles. The summed E-state index contributed by atoms with van der Waals surface area (Å²) in [6.45, 7) is 2.60. The van der Waals surface area contributed by atoms with E-state index < -0.39 is 6.09 Å². The quantitative estimate of drug-likeness (QED) is 0.787. The Balaban J connectivity index is 2.15. The Hall–Kier alpha value is -1.71. The van der Waals surface area contributed by atoms with Crippen molar-refractivity contribution in [1.82, 2.24) is 4.90 Å². The molecular weight excluding hydrogens is 216 g/mol. The lowest BCUT2D eigenvalue weighted by molar-refractivity contribution is 0.126. The molecule has 92 valence electrons. The summed E-state index contributed by atoms with van der Waals surface area (Å²) in [7, 11) is 0. The molecule has 0 heterocycles. The van der Waals surface area contributed by atoms with E-state index in [2.05, 4.69) is 0 Å². The van der Waals surface area contributed by atoms with Crippen LogP contribution >= 0.6 is 0 Å². The van der Waals surface area contributed by atoms with Gasteiger partial charge in [0.25, 0.3) is 0 Å². The van der Waals surface area contributed by atoms with Gasteiger partial charge >= 0.3 is 6.09 Å². The molecule has 0 radical (unpaired) electrons. The minimum absolute atomic E-state index is 0.0734. The predicted octanol–water partition coefficient (Wildman–Crippen LogP) is 2.13. The minimum atomic E-state index is -0.822. The number of nitrogen functional groups attached to an aromatic ring is 1. The van der Waals surface area contributed by atoms with Crippen LogP contribution in [0.2, 0.25) is 0 Å². The third-order valence-electron chi connectivity index (χ3n) is 3.29. The molecule has 1 amide bonds. The minimum Gasteiger partial charge on any atom is -0.465 e. The molecule has 4 heteroatoms. The standard InChI is InChI=1S/C13H18N2O2/c1-2-5-15(13(16)17)12-7-9-3-4-11(14)6-10(9)8-12/h3-4,6,12H,2,5,7-8,14H2,1H3,(H,16,17)/t12-/m0/s1. The Morgan fingerprint density at radius 1 is 1.47 bits per heavy atom. The van der Waals surface area contributed by atoms with Gasteiger partial charge < -0.3 is 15.7 Å². The van der Waals surface area contributed by atoms with Gasteiger partial charge in [0.05, 0.1) is 0 Å². The Morgan fingerprint density at radius 2 is 2.18 bits per heavy atom. The van der Waals surface area contributed by atoms with Crippen molar-refractivity contribution in [2.75, 3.05) is 12.3 Å². The van der Waals surface area contributed by atoms with Gasteiger partial charge in [-0.2, -0.15) is 0 Å². The lowest BCUT2D eigenvalue weighted by atomic mass is 10.1. The number of hydrogen-bond acceptors (Lipinski definition) is 2. The highest BCUT2D eigenvalue weighted by Crippen LogP contribution is 2.27. The second kappa shape index (κ2) is 4.65. The summed E-state index contributed by atoms with van der Waals surface area (Å²) in [6, 6.07) is 5.92. The third-order valence-corrected chi connectivity index (χ3v) is 3.29. The van der Waals surface area contributed by atoms with Crippen molar-refractivity contribution in [1.29, 1.82) is 0 Å². The summed E-state index contributed by atoms with van der Waals surface area (Å²) in [5.74, 6) is 0. The number of amides is 1. The average Bonchev–Trinajstić information content (AvgIpc) is 2.67. The Kier molecular flexibility index (Phi) is 3.22. The van der Waals surface area contributed by atoms with E-state index in [1.54, 1.807) is 4.90 Å². The number of benzene rings is 1. The second-order valence-corrected chi connectivity index (χ2v) is 4.57. The number of carboxylic acid groups (broad SMARTS) is 1. The van der Waals surface area contributed by atoms with Crippen molar-refractivity contribution in [2.45, 2.75) is 32.2 Å². The van der Waals surface area contributed by atoms with E-state index in [1.165, 1.54) is 11.1 Å². The number of anilines is 1. The van der Waals surface area contributed by atoms with Crippen LogP contribution in [0.5, 0.6) is 0 Å². The molecule has 0 unspecified atom stereocenters. The topological polar surface area (TPSA) is 66.6 Å². The van der Waals surface area contributed by atoms with Crippen LogP contribution in [0.15, 0.2) is 18.2 Å². The lowest BCUT2D eigenvalue weighted by Crippen LogP contribution is -2.40. The van der Waals surface area contributed by atoms with E-state index in [4.69, 9.17) is 5.73 Å². The van der Waals surface area contributed by atoms with Crippen molar-refractivity contribution in [3.8, 4) is 0 Å². The molecule has 17 heavy (non-hydrogen) atoms. The summed E-state index contributed by atoms with van der Waals surface area (Å²) in [5.41, 5.74) is 8.91. The predicted molar refractivity (Wildman–Crippen MR) is 67.1 cm³/mol. The SMILES string of the molecule is CCCN(C(=O)O)[C@H]1Cc2ccc(N)cc2C1. The van der Waals surface area contributed by atoms with E-state index in [-0.39, 0.29) is 6.04 Å². The van der Waals surface area contributed by atoms with Gasteiger partial charge in [0.15, 0.2) is 0 Å². The molecule has 1 aliphatic rings. The van der Waals surface area contributed by atoms with Gasteiger partial charge in [-0.25, -0.2) is 4.79 Å². The van der Waals surface area contributed by atoms with Gasteiger partial charge in [0.1, 0.15) is 0 Å². The molecule has 0 aliphatic heterocycles. The maximum atomic E-state index is 11.2. The van der Waals surface area contributed by atoms with Gasteiger partial charge in [-0.3, -0.25) is 0 Å². The largest absolute Gasteiger partial charge is 0.465 e. The van der Waals surface area contributed by atoms with Crippen molar-refractivity contribution in [3.63, 3.8) is 0 Å². The molecule has 1 atom stereocenters. The average molecular weight is 234 g/mol. The Bertz CT molecular complexity index is 431. The molecule has 4 nitrogen and oxygen atoms in total. The molecule has 0 bridgehead atoms. The second-order valence-electron chi connectivity index (χ2n) is 4.57. The number of nitrogens with two attached hydrogens (primary N) is 1. The molecule has 0 fully saturated rings. The molecule has 0 saturated heterocycles. The van der Waals surface area contributed by atoms with Crippen molar-refractivity contribution in [2.24, 2.45) is 0 Å². The fourth-order valence-electron chi connectivity index (χ4n) is 2.51. The zero-order chi connectivity index (χ0) is 12.4. The zero-order valence-corrected chi connectivity index (χ0v) is 10.0. The Labute approximate surface area is 101 Å². The maximum Gasteiger partial charge on any atom is 0.407 e.